The molecule has 5 heteroatoms. The minimum Gasteiger partial charge on any atom is -0.427 e. The highest BCUT2D eigenvalue weighted by molar-refractivity contribution is 5.65. The van der Waals surface area contributed by atoms with Gasteiger partial charge in [0.2, 0.25) is 0 Å². The zero-order valence-corrected chi connectivity index (χ0v) is 10.4. The van der Waals surface area contributed by atoms with Crippen LogP contribution in [0.4, 0.5) is 0 Å². The maximum Gasteiger partial charge on any atom is 0.175 e. The van der Waals surface area contributed by atoms with E-state index in [-0.39, 0.29) is 0 Å². The predicted molar refractivity (Wildman–Crippen MR) is 72.8 cm³/mol. The maximum atomic E-state index is 9.96. The van der Waals surface area contributed by atoms with Gasteiger partial charge in [-0.25, -0.2) is 4.98 Å². The van der Waals surface area contributed by atoms with E-state index < -0.39 is 0 Å². The molecule has 3 aromatic rings. The van der Waals surface area contributed by atoms with E-state index in [0.29, 0.717) is 22.6 Å². The van der Waals surface area contributed by atoms with E-state index in [1.165, 1.54) is 6.20 Å². The van der Waals surface area contributed by atoms with Gasteiger partial charge in [-0.05, 0) is 24.3 Å². The van der Waals surface area contributed by atoms with Gasteiger partial charge in [0.25, 0.3) is 0 Å². The second-order valence-corrected chi connectivity index (χ2v) is 4.23. The van der Waals surface area contributed by atoms with Crippen LogP contribution in [0.1, 0.15) is 5.56 Å². The van der Waals surface area contributed by atoms with E-state index >= 15 is 0 Å². The zero-order valence-electron chi connectivity index (χ0n) is 10.4. The summed E-state index contributed by atoms with van der Waals surface area (Å²) >= 11 is 0. The zero-order chi connectivity index (χ0) is 13.9. The molecule has 20 heavy (non-hydrogen) atoms. The lowest BCUT2D eigenvalue weighted by Crippen LogP contribution is -1.92. The van der Waals surface area contributed by atoms with Crippen LogP contribution >= 0.6 is 0 Å². The first-order chi connectivity index (χ1) is 9.78. The number of aromatic nitrogens is 3. The Morgan fingerprint density at radius 2 is 2.00 bits per heavy atom. The Morgan fingerprint density at radius 3 is 2.75 bits per heavy atom. The molecule has 2 aromatic heterocycles. The highest BCUT2D eigenvalue weighted by Crippen LogP contribution is 2.23. The Kier molecular flexibility index (Phi) is 2.90. The second-order valence-electron chi connectivity index (χ2n) is 4.23. The molecule has 0 radical (unpaired) electrons. The van der Waals surface area contributed by atoms with Crippen molar-refractivity contribution in [3.8, 4) is 28.7 Å². The summed E-state index contributed by atoms with van der Waals surface area (Å²) in [6, 6.07) is 12.7. The van der Waals surface area contributed by atoms with Crippen LogP contribution in [0.5, 0.6) is 0 Å². The van der Waals surface area contributed by atoms with Crippen LogP contribution in [0, 0.1) is 11.3 Å². The molecule has 0 spiro atoms. The SMILES string of the molecule is N#Cc1cccc(-c2nc(-c3cccnc3)cn2O)c1. The first-order valence-electron chi connectivity index (χ1n) is 5.97. The third kappa shape index (κ3) is 2.10. The summed E-state index contributed by atoms with van der Waals surface area (Å²) in [6.07, 6.45) is 4.87. The highest BCUT2D eigenvalue weighted by Gasteiger charge is 2.11. The van der Waals surface area contributed by atoms with Crippen molar-refractivity contribution in [1.82, 2.24) is 14.7 Å². The van der Waals surface area contributed by atoms with Crippen LogP contribution < -0.4 is 0 Å². The van der Waals surface area contributed by atoms with Crippen molar-refractivity contribution in [2.75, 3.05) is 0 Å². The van der Waals surface area contributed by atoms with Gasteiger partial charge >= 0.3 is 0 Å². The molecule has 3 rings (SSSR count). The highest BCUT2D eigenvalue weighted by atomic mass is 16.5. The van der Waals surface area contributed by atoms with Crippen molar-refractivity contribution in [3.05, 3.63) is 60.6 Å². The summed E-state index contributed by atoms with van der Waals surface area (Å²) in [5.74, 6) is 0.390. The van der Waals surface area contributed by atoms with Crippen molar-refractivity contribution >= 4 is 0 Å². The maximum absolute atomic E-state index is 9.96. The van der Waals surface area contributed by atoms with Gasteiger partial charge in [-0.1, -0.05) is 12.1 Å². The van der Waals surface area contributed by atoms with Crippen LogP contribution in [-0.4, -0.2) is 19.9 Å². The van der Waals surface area contributed by atoms with Crippen LogP contribution in [0.25, 0.3) is 22.6 Å². The van der Waals surface area contributed by atoms with Gasteiger partial charge in [-0.15, -0.1) is 0 Å². The van der Waals surface area contributed by atoms with Crippen molar-refractivity contribution in [2.45, 2.75) is 0 Å². The Bertz CT molecular complexity index is 787. The van der Waals surface area contributed by atoms with Crippen LogP contribution in [-0.2, 0) is 0 Å². The van der Waals surface area contributed by atoms with Gasteiger partial charge in [-0.3, -0.25) is 4.98 Å². The first-order valence-corrected chi connectivity index (χ1v) is 5.97. The Labute approximate surface area is 115 Å². The Balaban J connectivity index is 2.08. The fraction of sp³-hybridized carbons (Fsp3) is 0. The largest absolute Gasteiger partial charge is 0.427 e. The Hall–Kier alpha value is -3.13. The summed E-state index contributed by atoms with van der Waals surface area (Å²) in [5.41, 5.74) is 2.64. The normalized spacial score (nSPS) is 10.2. The van der Waals surface area contributed by atoms with Crippen molar-refractivity contribution in [3.63, 3.8) is 0 Å². The monoisotopic (exact) mass is 262 g/mol. The molecule has 5 nitrogen and oxygen atoms in total. The number of hydrogen-bond acceptors (Lipinski definition) is 4. The van der Waals surface area contributed by atoms with Crippen molar-refractivity contribution in [2.24, 2.45) is 0 Å². The minimum atomic E-state index is 0.390. The van der Waals surface area contributed by atoms with E-state index in [4.69, 9.17) is 5.26 Å². The number of rotatable bonds is 2. The Morgan fingerprint density at radius 1 is 1.15 bits per heavy atom. The molecule has 1 N–H and O–H groups in total. The molecule has 0 aliphatic heterocycles. The third-order valence-corrected chi connectivity index (χ3v) is 2.90. The van der Waals surface area contributed by atoms with E-state index in [0.717, 1.165) is 10.3 Å². The quantitative estimate of drug-likeness (QED) is 0.720. The molecular weight excluding hydrogens is 252 g/mol. The first kappa shape index (κ1) is 11.9. The lowest BCUT2D eigenvalue weighted by Gasteiger charge is -1.99. The summed E-state index contributed by atoms with van der Waals surface area (Å²) in [7, 11) is 0. The number of benzene rings is 1. The van der Waals surface area contributed by atoms with E-state index in [1.54, 1.807) is 36.7 Å². The topological polar surface area (TPSA) is 74.7 Å². The summed E-state index contributed by atoms with van der Waals surface area (Å²) in [6.45, 7) is 0. The van der Waals surface area contributed by atoms with Crippen LogP contribution in [0.15, 0.2) is 55.0 Å². The molecule has 0 aliphatic rings. The lowest BCUT2D eigenvalue weighted by molar-refractivity contribution is 0.191. The van der Waals surface area contributed by atoms with Gasteiger partial charge in [0.1, 0.15) is 0 Å². The predicted octanol–water partition coefficient (Wildman–Crippen LogP) is 2.72. The molecule has 0 atom stereocenters. The van der Waals surface area contributed by atoms with E-state index in [1.807, 2.05) is 12.1 Å². The number of hydrogen-bond donors (Lipinski definition) is 1. The van der Waals surface area contributed by atoms with Crippen molar-refractivity contribution < 1.29 is 5.21 Å². The van der Waals surface area contributed by atoms with E-state index in [2.05, 4.69) is 16.0 Å². The molecule has 0 bridgehead atoms. The number of imidazole rings is 1. The second kappa shape index (κ2) is 4.86. The van der Waals surface area contributed by atoms with Crippen molar-refractivity contribution in [1.29, 1.82) is 5.26 Å². The molecule has 0 saturated carbocycles. The van der Waals surface area contributed by atoms with Gasteiger partial charge in [-0.2, -0.15) is 9.99 Å². The summed E-state index contributed by atoms with van der Waals surface area (Å²) in [4.78, 5) is 8.42. The van der Waals surface area contributed by atoms with Gasteiger partial charge in [0.05, 0.1) is 23.5 Å². The standard InChI is InChI=1S/C15H10N4O/c16-8-11-3-1-4-12(7-11)15-18-14(10-19(15)20)13-5-2-6-17-9-13/h1-7,9-10,20H. The van der Waals surface area contributed by atoms with Gasteiger partial charge in [0.15, 0.2) is 5.82 Å². The molecule has 0 unspecified atom stereocenters. The molecule has 2 heterocycles. The third-order valence-electron chi connectivity index (χ3n) is 2.90. The molecule has 0 fully saturated rings. The molecule has 0 aliphatic carbocycles. The number of pyridine rings is 1. The number of nitrogens with zero attached hydrogens (tertiary/aromatic N) is 4. The minimum absolute atomic E-state index is 0.390. The van der Waals surface area contributed by atoms with Gasteiger partial charge in [0, 0.05) is 23.5 Å². The fourth-order valence-electron chi connectivity index (χ4n) is 1.95. The number of nitriles is 1. The van der Waals surface area contributed by atoms with E-state index in [9.17, 15) is 5.21 Å². The van der Waals surface area contributed by atoms with Gasteiger partial charge < -0.3 is 5.21 Å². The smallest absolute Gasteiger partial charge is 0.175 e. The lowest BCUT2D eigenvalue weighted by atomic mass is 10.1. The summed E-state index contributed by atoms with van der Waals surface area (Å²) in [5, 5.41) is 18.9. The average molecular weight is 262 g/mol. The van der Waals surface area contributed by atoms with Crippen LogP contribution in [0.3, 0.4) is 0 Å². The molecular formula is C15H10N4O. The fourth-order valence-corrected chi connectivity index (χ4v) is 1.95. The molecule has 0 saturated heterocycles. The van der Waals surface area contributed by atoms with Crippen LogP contribution in [0.2, 0.25) is 0 Å². The molecule has 96 valence electrons. The molecule has 0 amide bonds. The molecule has 1 aromatic carbocycles. The average Bonchev–Trinajstić information content (AvgIpc) is 2.90. The summed E-state index contributed by atoms with van der Waals surface area (Å²) < 4.78 is 0.957.